The molecule has 3 heterocycles. The maximum atomic E-state index is 13.1. The van der Waals surface area contributed by atoms with Crippen LogP contribution in [0.25, 0.3) is 0 Å². The van der Waals surface area contributed by atoms with E-state index >= 15 is 0 Å². The molecule has 0 bridgehead atoms. The van der Waals surface area contributed by atoms with E-state index in [-0.39, 0.29) is 0 Å². The fourth-order valence-electron chi connectivity index (χ4n) is 4.22. The van der Waals surface area contributed by atoms with E-state index in [1.807, 2.05) is 95.1 Å². The standard InChI is InChI=1S/C22H38B2NO5/c1-17(2)13-15(18(3,4)25(17)26)16(24-29-21(9,10)22(11,12)30-24)14-23-27-19(5,6)20(7,8)28-23/h13-14H,1-12H3/b16-14-. The van der Waals surface area contributed by atoms with Gasteiger partial charge < -0.3 is 18.6 Å². The van der Waals surface area contributed by atoms with E-state index in [0.29, 0.717) is 0 Å². The molecule has 8 heteroatoms. The molecule has 3 aliphatic rings. The fraction of sp³-hybridized carbons (Fsp3) is 0.818. The minimum Gasteiger partial charge on any atom is -0.400 e. The van der Waals surface area contributed by atoms with Crippen LogP contribution in [0.5, 0.6) is 0 Å². The zero-order valence-corrected chi connectivity index (χ0v) is 20.8. The van der Waals surface area contributed by atoms with Gasteiger partial charge in [-0.3, -0.25) is 0 Å². The van der Waals surface area contributed by atoms with Crippen molar-refractivity contribution in [3.8, 4) is 0 Å². The number of nitrogens with zero attached hydrogens (tertiary/aromatic N) is 1. The van der Waals surface area contributed by atoms with Crippen molar-refractivity contribution in [2.24, 2.45) is 0 Å². The molecule has 0 aromatic carbocycles. The summed E-state index contributed by atoms with van der Waals surface area (Å²) in [6.45, 7) is 23.9. The normalized spacial score (nSPS) is 31.4. The van der Waals surface area contributed by atoms with Gasteiger partial charge in [-0.25, -0.2) is 0 Å². The Balaban J connectivity index is 2.08. The summed E-state index contributed by atoms with van der Waals surface area (Å²) in [7, 11) is -1.19. The molecule has 0 atom stereocenters. The molecule has 3 rings (SSSR count). The van der Waals surface area contributed by atoms with Gasteiger partial charge in [0.2, 0.25) is 0 Å². The first-order chi connectivity index (χ1) is 13.2. The van der Waals surface area contributed by atoms with E-state index in [1.54, 1.807) is 0 Å². The fourth-order valence-corrected chi connectivity index (χ4v) is 4.22. The van der Waals surface area contributed by atoms with Crippen LogP contribution < -0.4 is 0 Å². The zero-order valence-electron chi connectivity index (χ0n) is 20.8. The van der Waals surface area contributed by atoms with Crippen LogP contribution in [0, 0.1) is 0 Å². The summed E-state index contributed by atoms with van der Waals surface area (Å²) >= 11 is 0. The van der Waals surface area contributed by atoms with E-state index < -0.39 is 47.7 Å². The van der Waals surface area contributed by atoms with Gasteiger partial charge in [0.1, 0.15) is 0 Å². The zero-order chi connectivity index (χ0) is 23.1. The van der Waals surface area contributed by atoms with Crippen LogP contribution in [0.4, 0.5) is 0 Å². The number of hydrogen-bond donors (Lipinski definition) is 0. The third kappa shape index (κ3) is 3.63. The first kappa shape index (κ1) is 24.0. The van der Waals surface area contributed by atoms with Gasteiger partial charge in [0.05, 0.1) is 33.5 Å². The van der Waals surface area contributed by atoms with Crippen molar-refractivity contribution in [3.05, 3.63) is 23.1 Å². The number of rotatable bonds is 3. The number of hydrogen-bond acceptors (Lipinski definition) is 5. The Hall–Kier alpha value is -0.630. The maximum Gasteiger partial charge on any atom is 0.494 e. The van der Waals surface area contributed by atoms with Crippen molar-refractivity contribution < 1.29 is 23.8 Å². The lowest BCUT2D eigenvalue weighted by Crippen LogP contribution is -2.47. The molecule has 0 aromatic rings. The average molecular weight is 418 g/mol. The Morgan fingerprint density at radius 3 is 1.53 bits per heavy atom. The second-order valence-corrected chi connectivity index (χ2v) is 11.9. The summed E-state index contributed by atoms with van der Waals surface area (Å²) < 4.78 is 25.2. The highest BCUT2D eigenvalue weighted by Crippen LogP contribution is 2.47. The molecule has 2 fully saturated rings. The Bertz CT molecular complexity index is 750. The first-order valence-electron chi connectivity index (χ1n) is 10.9. The van der Waals surface area contributed by atoms with Crippen molar-refractivity contribution in [1.29, 1.82) is 0 Å². The van der Waals surface area contributed by atoms with Gasteiger partial charge in [-0.1, -0.05) is 12.1 Å². The summed E-state index contributed by atoms with van der Waals surface area (Å²) in [4.78, 5) is 0. The monoisotopic (exact) mass is 418 g/mol. The molecule has 6 nitrogen and oxygen atoms in total. The Kier molecular flexibility index (Phi) is 5.36. The molecule has 3 aliphatic heterocycles. The highest BCUT2D eigenvalue weighted by Gasteiger charge is 2.58. The summed E-state index contributed by atoms with van der Waals surface area (Å²) in [6.07, 6.45) is 2.02. The second kappa shape index (κ2) is 6.69. The molecule has 1 radical (unpaired) electrons. The van der Waals surface area contributed by atoms with Crippen molar-refractivity contribution in [1.82, 2.24) is 5.06 Å². The van der Waals surface area contributed by atoms with E-state index in [1.165, 1.54) is 0 Å². The van der Waals surface area contributed by atoms with E-state index in [0.717, 1.165) is 16.1 Å². The van der Waals surface area contributed by atoms with Gasteiger partial charge in [-0.2, -0.15) is 0 Å². The third-order valence-electron chi connectivity index (χ3n) is 7.59. The predicted octanol–water partition coefficient (Wildman–Crippen LogP) is 4.32. The molecule has 0 spiro atoms. The molecule has 167 valence electrons. The lowest BCUT2D eigenvalue weighted by Gasteiger charge is -2.34. The SMILES string of the molecule is CC1(C)C=C(/C(=C/B2OC(C)(C)C(C)(C)O2)B2OC(C)(C)C(C)(C)O2)C(C)(C)N1[O]. The van der Waals surface area contributed by atoms with Crippen molar-refractivity contribution in [3.63, 3.8) is 0 Å². The molecule has 0 saturated carbocycles. The average Bonchev–Trinajstić information content (AvgIpc) is 2.95. The summed E-state index contributed by atoms with van der Waals surface area (Å²) in [5.41, 5.74) is -1.62. The summed E-state index contributed by atoms with van der Waals surface area (Å²) in [5, 5.41) is 14.2. The quantitative estimate of drug-likeness (QED) is 0.639. The molecule has 0 amide bonds. The first-order valence-corrected chi connectivity index (χ1v) is 10.9. The Morgan fingerprint density at radius 2 is 1.17 bits per heavy atom. The van der Waals surface area contributed by atoms with Crippen LogP contribution in [0.1, 0.15) is 83.1 Å². The molecular formula is C22H38B2NO5. The number of hydroxylamine groups is 2. The lowest BCUT2D eigenvalue weighted by atomic mass is 9.65. The van der Waals surface area contributed by atoms with Crippen molar-refractivity contribution >= 4 is 14.2 Å². The largest absolute Gasteiger partial charge is 0.494 e. The third-order valence-corrected chi connectivity index (χ3v) is 7.59. The Morgan fingerprint density at radius 1 is 0.767 bits per heavy atom. The second-order valence-electron chi connectivity index (χ2n) is 11.9. The predicted molar refractivity (Wildman–Crippen MR) is 119 cm³/mol. The van der Waals surface area contributed by atoms with E-state index in [9.17, 15) is 5.21 Å². The van der Waals surface area contributed by atoms with Crippen LogP contribution in [-0.2, 0) is 23.8 Å². The van der Waals surface area contributed by atoms with E-state index in [2.05, 4.69) is 0 Å². The highest BCUT2D eigenvalue weighted by atomic mass is 16.7. The highest BCUT2D eigenvalue weighted by molar-refractivity contribution is 6.61. The van der Waals surface area contributed by atoms with E-state index in [4.69, 9.17) is 18.6 Å². The molecule has 2 saturated heterocycles. The molecule has 0 aromatic heterocycles. The van der Waals surface area contributed by atoms with Crippen LogP contribution in [0.2, 0.25) is 0 Å². The van der Waals surface area contributed by atoms with Gasteiger partial charge in [0.15, 0.2) is 0 Å². The maximum absolute atomic E-state index is 13.1. The van der Waals surface area contributed by atoms with Crippen LogP contribution in [0.15, 0.2) is 23.1 Å². The summed E-state index contributed by atoms with van der Waals surface area (Å²) in [6, 6.07) is 0. The topological polar surface area (TPSA) is 60.1 Å². The lowest BCUT2D eigenvalue weighted by molar-refractivity contribution is -0.238. The molecule has 30 heavy (non-hydrogen) atoms. The smallest absolute Gasteiger partial charge is 0.400 e. The van der Waals surface area contributed by atoms with Crippen LogP contribution >= 0.6 is 0 Å². The van der Waals surface area contributed by atoms with Gasteiger partial charge in [0, 0.05) is 0 Å². The van der Waals surface area contributed by atoms with Crippen molar-refractivity contribution in [2.45, 2.75) is 117 Å². The minimum absolute atomic E-state index is 0.460. The van der Waals surface area contributed by atoms with Crippen molar-refractivity contribution in [2.75, 3.05) is 0 Å². The minimum atomic E-state index is -0.747. The molecule has 0 N–H and O–H groups in total. The van der Waals surface area contributed by atoms with Gasteiger partial charge in [0.25, 0.3) is 0 Å². The molecule has 0 unspecified atom stereocenters. The van der Waals surface area contributed by atoms with Gasteiger partial charge in [-0.15, -0.1) is 10.3 Å². The van der Waals surface area contributed by atoms with Gasteiger partial charge >= 0.3 is 14.2 Å². The van der Waals surface area contributed by atoms with Gasteiger partial charge in [-0.05, 0) is 94.1 Å². The summed E-state index contributed by atoms with van der Waals surface area (Å²) in [5.74, 6) is 1.93. The molecular weight excluding hydrogens is 380 g/mol. The molecule has 0 aliphatic carbocycles. The van der Waals surface area contributed by atoms with Crippen LogP contribution in [-0.4, -0.2) is 52.8 Å². The van der Waals surface area contributed by atoms with Crippen LogP contribution in [0.3, 0.4) is 0 Å². The Labute approximate surface area is 183 Å².